The van der Waals surface area contributed by atoms with Gasteiger partial charge in [0.05, 0.1) is 0 Å². The molecule has 3 heteroatoms. The van der Waals surface area contributed by atoms with Crippen LogP contribution in [-0.4, -0.2) is 32.4 Å². The fourth-order valence-electron chi connectivity index (χ4n) is 1.55. The van der Waals surface area contributed by atoms with Crippen LogP contribution in [0.4, 0.5) is 0 Å². The average Bonchev–Trinajstić information content (AvgIpc) is 2.27. The zero-order valence-electron chi connectivity index (χ0n) is 11.7. The molecule has 0 aromatic heterocycles. The van der Waals surface area contributed by atoms with Crippen molar-refractivity contribution in [2.45, 2.75) is 68.7 Å². The van der Waals surface area contributed by atoms with E-state index in [4.69, 9.17) is 6.15 Å². The third kappa shape index (κ3) is 8.82. The first-order valence-electron chi connectivity index (χ1n) is 6.96. The third-order valence-electron chi connectivity index (χ3n) is 2.80. The van der Waals surface area contributed by atoms with Gasteiger partial charge in [-0.1, -0.05) is 0 Å². The van der Waals surface area contributed by atoms with E-state index >= 15 is 0 Å². The van der Waals surface area contributed by atoms with E-state index in [0.29, 0.717) is 0 Å². The first kappa shape index (κ1) is 16.7. The summed E-state index contributed by atoms with van der Waals surface area (Å²) >= 11 is -2.61. The van der Waals surface area contributed by atoms with Gasteiger partial charge >= 0.3 is 107 Å². The van der Waals surface area contributed by atoms with Crippen LogP contribution in [0, 0.1) is 0 Å². The molecule has 0 fully saturated rings. The molecule has 0 aromatic carbocycles. The van der Waals surface area contributed by atoms with Gasteiger partial charge in [0, 0.05) is 0 Å². The van der Waals surface area contributed by atoms with Crippen molar-refractivity contribution >= 4 is 19.2 Å². The fourth-order valence-corrected chi connectivity index (χ4v) is 8.74. The van der Waals surface area contributed by atoms with Crippen LogP contribution in [0.2, 0.25) is 9.38 Å². The van der Waals surface area contributed by atoms with E-state index in [1.165, 1.54) is 43.0 Å². The van der Waals surface area contributed by atoms with Crippen LogP contribution in [0.25, 0.3) is 0 Å². The Kier molecular flexibility index (Phi) is 11.3. The molecule has 0 aliphatic heterocycles. The first-order chi connectivity index (χ1) is 7.68. The number of hydrogen-bond acceptors (Lipinski definition) is 2. The van der Waals surface area contributed by atoms with Crippen LogP contribution in [0.3, 0.4) is 0 Å². The second-order valence-electron chi connectivity index (χ2n) is 4.64. The van der Waals surface area contributed by atoms with Crippen LogP contribution in [0.5, 0.6) is 0 Å². The van der Waals surface area contributed by atoms with Crippen LogP contribution >= 0.6 is 0 Å². The molecule has 0 N–H and O–H groups in total. The van der Waals surface area contributed by atoms with Gasteiger partial charge in [0.15, 0.2) is 0 Å². The molecule has 0 aliphatic rings. The van der Waals surface area contributed by atoms with Crippen LogP contribution in [0.15, 0.2) is 0 Å². The minimum atomic E-state index is -2.61. The summed E-state index contributed by atoms with van der Waals surface area (Å²) in [5.74, 6) is 0. The Morgan fingerprint density at radius 3 is 1.56 bits per heavy atom. The normalized spacial score (nSPS) is 12.0. The summed E-state index contributed by atoms with van der Waals surface area (Å²) in [7, 11) is 0. The van der Waals surface area contributed by atoms with Crippen LogP contribution < -0.4 is 0 Å². The zero-order chi connectivity index (χ0) is 12.3. The van der Waals surface area contributed by atoms with E-state index in [-0.39, 0.29) is 0 Å². The molecule has 98 valence electrons. The van der Waals surface area contributed by atoms with Crippen molar-refractivity contribution < 1.29 is 6.15 Å². The molecule has 0 aliphatic carbocycles. The van der Waals surface area contributed by atoms with Crippen LogP contribution in [0.1, 0.15) is 59.3 Å². The average molecular weight is 337 g/mol. The number of rotatable bonds is 11. The molecule has 0 heterocycles. The maximum atomic E-state index is 6.11. The summed E-state index contributed by atoms with van der Waals surface area (Å²) in [6, 6.07) is 0. The summed E-state index contributed by atoms with van der Waals surface area (Å²) in [5, 5.41) is 0. The van der Waals surface area contributed by atoms with Gasteiger partial charge < -0.3 is 0 Å². The van der Waals surface area contributed by atoms with Gasteiger partial charge in [-0.25, -0.2) is 0 Å². The minimum absolute atomic E-state index is 0.916. The molecule has 0 unspecified atom stereocenters. The van der Waals surface area contributed by atoms with Gasteiger partial charge in [-0.15, -0.1) is 0 Å². The van der Waals surface area contributed by atoms with E-state index in [0.717, 1.165) is 13.2 Å². The molecule has 0 spiro atoms. The molecule has 0 rings (SSSR count). The molecule has 2 nitrogen and oxygen atoms in total. The van der Waals surface area contributed by atoms with Gasteiger partial charge in [0.2, 0.25) is 0 Å². The molecule has 0 amide bonds. The molecule has 0 saturated carbocycles. The Balaban J connectivity index is 3.91. The van der Waals surface area contributed by atoms with Gasteiger partial charge in [-0.2, -0.15) is 0 Å². The predicted octanol–water partition coefficient (Wildman–Crippen LogP) is 4.49. The van der Waals surface area contributed by atoms with Crippen molar-refractivity contribution in [3.8, 4) is 0 Å². The Morgan fingerprint density at radius 2 is 1.19 bits per heavy atom. The summed E-state index contributed by atoms with van der Waals surface area (Å²) in [4.78, 5) is 2.30. The summed E-state index contributed by atoms with van der Waals surface area (Å²) in [6.45, 7) is 8.49. The molecule has 16 heavy (non-hydrogen) atoms. The second kappa shape index (κ2) is 10.8. The summed E-state index contributed by atoms with van der Waals surface area (Å²) < 4.78 is 13.4. The van der Waals surface area contributed by atoms with Gasteiger partial charge in [0.1, 0.15) is 0 Å². The first-order valence-corrected chi connectivity index (χ1v) is 14.2. The van der Waals surface area contributed by atoms with Crippen molar-refractivity contribution in [3.05, 3.63) is 0 Å². The van der Waals surface area contributed by atoms with Crippen molar-refractivity contribution in [3.63, 3.8) is 0 Å². The standard InChI is InChI=1S/2C4H9O.C4H9.CH3.Sn/c2*1-2-3-4-5;1-3-4-2;;/h2*2-4H2,1H3;1,3-4H2,2H3;1H3;/q2*-1;;;+2. The molecule has 0 bridgehead atoms. The van der Waals surface area contributed by atoms with Crippen molar-refractivity contribution in [1.29, 1.82) is 0 Å². The quantitative estimate of drug-likeness (QED) is 0.408. The molecule has 0 saturated heterocycles. The Morgan fingerprint density at radius 1 is 0.750 bits per heavy atom. The predicted molar refractivity (Wildman–Crippen MR) is 73.1 cm³/mol. The van der Waals surface area contributed by atoms with Gasteiger partial charge in [-0.05, 0) is 0 Å². The van der Waals surface area contributed by atoms with E-state index < -0.39 is 19.2 Å². The SMILES string of the molecule is CCCC[O][Sn]([CH3])([CH2]CCC)[O]CCCC. The number of unbranched alkanes of at least 4 members (excludes halogenated alkanes) is 3. The second-order valence-corrected chi connectivity index (χ2v) is 14.2. The molecular formula is C13H30O2Sn. The topological polar surface area (TPSA) is 18.5 Å². The zero-order valence-corrected chi connectivity index (χ0v) is 14.5. The third-order valence-corrected chi connectivity index (χ3v) is 11.0. The van der Waals surface area contributed by atoms with E-state index in [1.54, 1.807) is 0 Å². The summed E-state index contributed by atoms with van der Waals surface area (Å²) in [5.41, 5.74) is 0. The van der Waals surface area contributed by atoms with E-state index in [1.807, 2.05) is 0 Å². The molecule has 0 atom stereocenters. The fraction of sp³-hybridized carbons (Fsp3) is 1.00. The van der Waals surface area contributed by atoms with Gasteiger partial charge in [-0.3, -0.25) is 0 Å². The number of hydrogen-bond donors (Lipinski definition) is 0. The van der Waals surface area contributed by atoms with Gasteiger partial charge in [0.25, 0.3) is 0 Å². The van der Waals surface area contributed by atoms with E-state index in [9.17, 15) is 0 Å². The maximum absolute atomic E-state index is 6.11. The monoisotopic (exact) mass is 338 g/mol. The Hall–Kier alpha value is 0.719. The Labute approximate surface area is 107 Å². The Bertz CT molecular complexity index is 141. The van der Waals surface area contributed by atoms with E-state index in [2.05, 4.69) is 25.7 Å². The van der Waals surface area contributed by atoms with Crippen molar-refractivity contribution in [2.24, 2.45) is 0 Å². The van der Waals surface area contributed by atoms with Crippen molar-refractivity contribution in [1.82, 2.24) is 0 Å². The summed E-state index contributed by atoms with van der Waals surface area (Å²) in [6.07, 6.45) is 7.30. The molecule has 0 aromatic rings. The van der Waals surface area contributed by atoms with Crippen molar-refractivity contribution in [2.75, 3.05) is 13.2 Å². The van der Waals surface area contributed by atoms with Crippen LogP contribution in [-0.2, 0) is 6.15 Å². The molecule has 0 radical (unpaired) electrons. The molecular weight excluding hydrogens is 307 g/mol.